The number of carbonyl (C=O) groups is 1. The highest BCUT2D eigenvalue weighted by Crippen LogP contribution is 2.64. The molecule has 2 N–H and O–H groups in total. The van der Waals surface area contributed by atoms with E-state index in [0.29, 0.717) is 30.1 Å². The maximum absolute atomic E-state index is 13.9. The van der Waals surface area contributed by atoms with E-state index in [4.69, 9.17) is 0 Å². The van der Waals surface area contributed by atoms with Crippen LogP contribution >= 0.6 is 0 Å². The van der Waals surface area contributed by atoms with Gasteiger partial charge in [0.15, 0.2) is 0 Å². The molecule has 0 spiro atoms. The van der Waals surface area contributed by atoms with Gasteiger partial charge in [0, 0.05) is 11.4 Å². The van der Waals surface area contributed by atoms with Gasteiger partial charge in [-0.3, -0.25) is 4.79 Å². The quantitative estimate of drug-likeness (QED) is 0.774. The predicted molar refractivity (Wildman–Crippen MR) is 103 cm³/mol. The molecule has 5 heteroatoms. The van der Waals surface area contributed by atoms with Gasteiger partial charge in [-0.2, -0.15) is 5.26 Å². The lowest BCUT2D eigenvalue weighted by molar-refractivity contribution is -0.115. The van der Waals surface area contributed by atoms with Crippen LogP contribution in [0.25, 0.3) is 0 Å². The molecule has 28 heavy (non-hydrogen) atoms. The third kappa shape index (κ3) is 2.06. The van der Waals surface area contributed by atoms with Crippen LogP contribution in [0.3, 0.4) is 0 Å². The number of nitrogens with one attached hydrogen (secondary N) is 2. The standard InChI is InChI=1S/C23H20FN3O/c24-16-4-3-13(8-14(16)10-25)23-21-12-2-1-11(7-12)20(21)22-15-9-19(28)26-17(15)5-6-18(22)27-23/h3-6,8,11-12,20-21,23,27H,1-2,7,9H2,(H,26,28). The zero-order valence-corrected chi connectivity index (χ0v) is 15.3. The van der Waals surface area contributed by atoms with Crippen LogP contribution in [0.4, 0.5) is 15.8 Å². The van der Waals surface area contributed by atoms with E-state index in [1.807, 2.05) is 18.2 Å². The molecular weight excluding hydrogens is 353 g/mol. The maximum atomic E-state index is 13.9. The van der Waals surface area contributed by atoms with Crippen molar-refractivity contribution in [3.8, 4) is 6.07 Å². The van der Waals surface area contributed by atoms with Crippen LogP contribution in [-0.4, -0.2) is 5.91 Å². The number of hydrogen-bond donors (Lipinski definition) is 2. The van der Waals surface area contributed by atoms with Gasteiger partial charge < -0.3 is 10.6 Å². The van der Waals surface area contributed by atoms with Crippen molar-refractivity contribution in [1.29, 1.82) is 5.26 Å². The van der Waals surface area contributed by atoms with E-state index in [0.717, 1.165) is 22.5 Å². The molecule has 5 atom stereocenters. The molecule has 2 bridgehead atoms. The van der Waals surface area contributed by atoms with Crippen molar-refractivity contribution in [3.63, 3.8) is 0 Å². The first-order chi connectivity index (χ1) is 13.6. The molecule has 4 nitrogen and oxygen atoms in total. The van der Waals surface area contributed by atoms with Crippen molar-refractivity contribution >= 4 is 17.3 Å². The Labute approximate surface area is 162 Å². The number of amides is 1. The Morgan fingerprint density at radius 3 is 2.79 bits per heavy atom. The smallest absolute Gasteiger partial charge is 0.228 e. The maximum Gasteiger partial charge on any atom is 0.228 e. The van der Waals surface area contributed by atoms with Gasteiger partial charge in [0.1, 0.15) is 11.9 Å². The molecule has 4 aliphatic rings. The third-order valence-corrected chi connectivity index (χ3v) is 7.45. The Morgan fingerprint density at radius 1 is 1.11 bits per heavy atom. The molecule has 2 aromatic carbocycles. The van der Waals surface area contributed by atoms with Crippen molar-refractivity contribution in [2.24, 2.45) is 17.8 Å². The van der Waals surface area contributed by atoms with Crippen LogP contribution < -0.4 is 10.6 Å². The number of carbonyl (C=O) groups excluding carboxylic acids is 1. The number of benzene rings is 2. The fourth-order valence-electron chi connectivity index (χ4n) is 6.47. The Balaban J connectivity index is 1.51. The zero-order valence-electron chi connectivity index (χ0n) is 15.3. The number of rotatable bonds is 1. The fraction of sp³-hybridized carbons (Fsp3) is 0.391. The monoisotopic (exact) mass is 373 g/mol. The van der Waals surface area contributed by atoms with E-state index in [1.165, 1.54) is 30.9 Å². The van der Waals surface area contributed by atoms with Crippen LogP contribution in [0.15, 0.2) is 30.3 Å². The molecule has 140 valence electrons. The number of halogens is 1. The summed E-state index contributed by atoms with van der Waals surface area (Å²) in [6.45, 7) is 0. The molecule has 2 fully saturated rings. The second-order valence-corrected chi connectivity index (χ2v) is 8.69. The molecule has 5 unspecified atom stereocenters. The SMILES string of the molecule is N#Cc1cc(C2Nc3ccc4c(c3C3C5CCC(C5)C23)CC(=O)N4)ccc1F. The van der Waals surface area contributed by atoms with Crippen molar-refractivity contribution in [3.05, 3.63) is 58.4 Å². The Morgan fingerprint density at radius 2 is 1.93 bits per heavy atom. The number of fused-ring (bicyclic) bond motifs is 9. The number of nitriles is 1. The molecule has 2 aliphatic carbocycles. The summed E-state index contributed by atoms with van der Waals surface area (Å²) in [4.78, 5) is 12.0. The van der Waals surface area contributed by atoms with Crippen LogP contribution in [0.5, 0.6) is 0 Å². The van der Waals surface area contributed by atoms with E-state index in [-0.39, 0.29) is 17.5 Å². The van der Waals surface area contributed by atoms with Gasteiger partial charge in [-0.15, -0.1) is 0 Å². The van der Waals surface area contributed by atoms with Gasteiger partial charge in [-0.25, -0.2) is 4.39 Å². The Kier molecular flexibility index (Phi) is 3.21. The first kappa shape index (κ1) is 16.1. The lowest BCUT2D eigenvalue weighted by atomic mass is 9.67. The average Bonchev–Trinajstić information content (AvgIpc) is 3.41. The van der Waals surface area contributed by atoms with E-state index in [2.05, 4.69) is 16.7 Å². The second kappa shape index (κ2) is 5.57. The highest BCUT2D eigenvalue weighted by Gasteiger charge is 2.54. The Bertz CT molecular complexity index is 1070. The van der Waals surface area contributed by atoms with E-state index < -0.39 is 5.82 Å². The first-order valence-corrected chi connectivity index (χ1v) is 10.1. The van der Waals surface area contributed by atoms with Gasteiger partial charge in [-0.1, -0.05) is 6.07 Å². The molecule has 2 saturated carbocycles. The summed E-state index contributed by atoms with van der Waals surface area (Å²) in [7, 11) is 0. The van der Waals surface area contributed by atoms with Crippen molar-refractivity contribution in [1.82, 2.24) is 0 Å². The van der Waals surface area contributed by atoms with E-state index in [1.54, 1.807) is 6.07 Å². The molecule has 1 amide bonds. The second-order valence-electron chi connectivity index (χ2n) is 8.69. The molecule has 2 aliphatic heterocycles. The summed E-state index contributed by atoms with van der Waals surface area (Å²) >= 11 is 0. The molecule has 2 heterocycles. The van der Waals surface area contributed by atoms with Crippen molar-refractivity contribution in [2.75, 3.05) is 10.6 Å². The molecule has 0 radical (unpaired) electrons. The normalized spacial score (nSPS) is 31.4. The van der Waals surface area contributed by atoms with Crippen LogP contribution in [0.2, 0.25) is 0 Å². The van der Waals surface area contributed by atoms with Crippen molar-refractivity contribution < 1.29 is 9.18 Å². The summed E-state index contributed by atoms with van der Waals surface area (Å²) in [6.07, 6.45) is 4.17. The Hall–Kier alpha value is -2.87. The first-order valence-electron chi connectivity index (χ1n) is 10.1. The van der Waals surface area contributed by atoms with Gasteiger partial charge >= 0.3 is 0 Å². The lowest BCUT2D eigenvalue weighted by Crippen LogP contribution is -2.36. The largest absolute Gasteiger partial charge is 0.378 e. The molecular formula is C23H20FN3O. The highest BCUT2D eigenvalue weighted by molar-refractivity contribution is 6.00. The zero-order chi connectivity index (χ0) is 19.0. The number of anilines is 2. The van der Waals surface area contributed by atoms with E-state index in [9.17, 15) is 14.4 Å². The minimum atomic E-state index is -0.464. The van der Waals surface area contributed by atoms with Gasteiger partial charge in [0.2, 0.25) is 5.91 Å². The van der Waals surface area contributed by atoms with Crippen molar-refractivity contribution in [2.45, 2.75) is 37.6 Å². The minimum absolute atomic E-state index is 0.0717. The summed E-state index contributed by atoms with van der Waals surface area (Å²) in [5, 5.41) is 16.0. The number of hydrogen-bond acceptors (Lipinski definition) is 3. The highest BCUT2D eigenvalue weighted by atomic mass is 19.1. The number of nitrogens with zero attached hydrogens (tertiary/aromatic N) is 1. The molecule has 6 rings (SSSR count). The van der Waals surface area contributed by atoms with Gasteiger partial charge in [0.25, 0.3) is 0 Å². The lowest BCUT2D eigenvalue weighted by Gasteiger charge is -2.44. The molecule has 2 aromatic rings. The van der Waals surface area contributed by atoms with Crippen LogP contribution in [-0.2, 0) is 11.2 Å². The van der Waals surface area contributed by atoms with Crippen LogP contribution in [0, 0.1) is 34.9 Å². The topological polar surface area (TPSA) is 64.9 Å². The van der Waals surface area contributed by atoms with Gasteiger partial charge in [-0.05, 0) is 83.9 Å². The summed E-state index contributed by atoms with van der Waals surface area (Å²) in [5.41, 5.74) is 5.63. The minimum Gasteiger partial charge on any atom is -0.378 e. The van der Waals surface area contributed by atoms with E-state index >= 15 is 0 Å². The summed E-state index contributed by atoms with van der Waals surface area (Å²) < 4.78 is 13.9. The van der Waals surface area contributed by atoms with Gasteiger partial charge in [0.05, 0.1) is 18.0 Å². The third-order valence-electron chi connectivity index (χ3n) is 7.45. The fourth-order valence-corrected chi connectivity index (χ4v) is 6.47. The summed E-state index contributed by atoms with van der Waals surface area (Å²) in [5.74, 6) is 1.74. The summed E-state index contributed by atoms with van der Waals surface area (Å²) in [6, 6.07) is 11.1. The predicted octanol–water partition coefficient (Wildman–Crippen LogP) is 4.49. The molecule has 0 aromatic heterocycles. The average molecular weight is 373 g/mol. The van der Waals surface area contributed by atoms with Crippen LogP contribution in [0.1, 0.15) is 53.5 Å². The molecule has 0 saturated heterocycles.